The highest BCUT2D eigenvalue weighted by Crippen LogP contribution is 2.30. The number of hydrogen-bond acceptors (Lipinski definition) is 3. The molecular formula is C14H23N3O2. The largest absolute Gasteiger partial charge is 0.481 e. The molecule has 1 fully saturated rings. The van der Waals surface area contributed by atoms with Gasteiger partial charge in [0.2, 0.25) is 0 Å². The Morgan fingerprint density at radius 1 is 1.58 bits per heavy atom. The topological polar surface area (TPSA) is 58.4 Å². The number of aromatic nitrogens is 2. The molecule has 0 amide bonds. The number of rotatable bonds is 4. The standard InChI is InChI=1S/C14H23N3O2/c1-4-11-8-12(16(3)15-11)9-17-7-5-6-14(2,10-17)13(18)19/h8H,4-7,9-10H2,1-3H3,(H,18,19). The minimum atomic E-state index is -0.684. The van der Waals surface area contributed by atoms with E-state index in [1.165, 1.54) is 0 Å². The van der Waals surface area contributed by atoms with Gasteiger partial charge in [0.25, 0.3) is 0 Å². The van der Waals surface area contributed by atoms with E-state index >= 15 is 0 Å². The lowest BCUT2D eigenvalue weighted by Crippen LogP contribution is -2.45. The summed E-state index contributed by atoms with van der Waals surface area (Å²) in [6.07, 6.45) is 2.65. The summed E-state index contributed by atoms with van der Waals surface area (Å²) in [6, 6.07) is 2.12. The molecule has 1 aliphatic rings. The zero-order valence-corrected chi connectivity index (χ0v) is 12.0. The maximum atomic E-state index is 11.3. The maximum absolute atomic E-state index is 11.3. The van der Waals surface area contributed by atoms with Gasteiger partial charge in [-0.05, 0) is 38.8 Å². The average Bonchev–Trinajstić information content (AvgIpc) is 2.70. The van der Waals surface area contributed by atoms with Crippen LogP contribution in [0.1, 0.15) is 38.1 Å². The predicted octanol–water partition coefficient (Wildman–Crippen LogP) is 1.67. The Balaban J connectivity index is 2.06. The highest BCUT2D eigenvalue weighted by atomic mass is 16.4. The number of hydrogen-bond donors (Lipinski definition) is 1. The van der Waals surface area contributed by atoms with Gasteiger partial charge in [0, 0.05) is 20.1 Å². The molecule has 1 unspecified atom stereocenters. The van der Waals surface area contributed by atoms with Gasteiger partial charge in [0.15, 0.2) is 0 Å². The number of aliphatic carboxylic acids is 1. The van der Waals surface area contributed by atoms with E-state index < -0.39 is 11.4 Å². The van der Waals surface area contributed by atoms with Crippen LogP contribution < -0.4 is 0 Å². The van der Waals surface area contributed by atoms with Crippen molar-refractivity contribution in [1.82, 2.24) is 14.7 Å². The third-order valence-electron chi connectivity index (χ3n) is 4.07. The fourth-order valence-corrected chi connectivity index (χ4v) is 2.78. The molecule has 106 valence electrons. The zero-order chi connectivity index (χ0) is 14.0. The minimum Gasteiger partial charge on any atom is -0.481 e. The van der Waals surface area contributed by atoms with E-state index in [9.17, 15) is 9.90 Å². The van der Waals surface area contributed by atoms with Crippen LogP contribution in [0, 0.1) is 5.41 Å². The van der Waals surface area contributed by atoms with Crippen LogP contribution in [0.5, 0.6) is 0 Å². The van der Waals surface area contributed by atoms with Crippen LogP contribution in [0.2, 0.25) is 0 Å². The van der Waals surface area contributed by atoms with Gasteiger partial charge in [-0.2, -0.15) is 5.10 Å². The smallest absolute Gasteiger partial charge is 0.310 e. The highest BCUT2D eigenvalue weighted by molar-refractivity contribution is 5.74. The molecule has 0 radical (unpaired) electrons. The maximum Gasteiger partial charge on any atom is 0.310 e. The normalized spacial score (nSPS) is 24.6. The molecule has 5 heteroatoms. The van der Waals surface area contributed by atoms with Gasteiger partial charge in [0.1, 0.15) is 0 Å². The fourth-order valence-electron chi connectivity index (χ4n) is 2.78. The van der Waals surface area contributed by atoms with Crippen LogP contribution in [0.25, 0.3) is 0 Å². The molecule has 0 aromatic carbocycles. The van der Waals surface area contributed by atoms with Crippen molar-refractivity contribution in [1.29, 1.82) is 0 Å². The first-order chi connectivity index (χ1) is 8.94. The molecule has 0 spiro atoms. The molecule has 0 bridgehead atoms. The van der Waals surface area contributed by atoms with Gasteiger partial charge in [-0.1, -0.05) is 6.92 Å². The molecule has 19 heavy (non-hydrogen) atoms. The molecule has 1 saturated heterocycles. The van der Waals surface area contributed by atoms with Crippen LogP contribution in [0.3, 0.4) is 0 Å². The van der Waals surface area contributed by atoms with E-state index in [2.05, 4.69) is 23.0 Å². The number of aryl methyl sites for hydroxylation is 2. The third-order valence-corrected chi connectivity index (χ3v) is 4.07. The number of piperidine rings is 1. The van der Waals surface area contributed by atoms with Gasteiger partial charge < -0.3 is 5.11 Å². The van der Waals surface area contributed by atoms with Crippen LogP contribution in [-0.4, -0.2) is 38.8 Å². The van der Waals surface area contributed by atoms with Crippen LogP contribution in [0.15, 0.2) is 6.07 Å². The van der Waals surface area contributed by atoms with Crippen LogP contribution in [0.4, 0.5) is 0 Å². The molecule has 1 aromatic rings. The molecule has 2 heterocycles. The third kappa shape index (κ3) is 2.97. The lowest BCUT2D eigenvalue weighted by Gasteiger charge is -2.37. The van der Waals surface area contributed by atoms with Gasteiger partial charge in [-0.3, -0.25) is 14.4 Å². The first kappa shape index (κ1) is 14.1. The van der Waals surface area contributed by atoms with E-state index in [-0.39, 0.29) is 0 Å². The number of likely N-dealkylation sites (tertiary alicyclic amines) is 1. The Labute approximate surface area is 114 Å². The summed E-state index contributed by atoms with van der Waals surface area (Å²) in [4.78, 5) is 13.6. The van der Waals surface area contributed by atoms with Gasteiger partial charge in [0.05, 0.1) is 16.8 Å². The molecular weight excluding hydrogens is 242 g/mol. The summed E-state index contributed by atoms with van der Waals surface area (Å²) in [7, 11) is 1.95. The lowest BCUT2D eigenvalue weighted by atomic mass is 9.82. The van der Waals surface area contributed by atoms with E-state index in [0.717, 1.165) is 43.7 Å². The van der Waals surface area contributed by atoms with Crippen molar-refractivity contribution in [3.8, 4) is 0 Å². The summed E-state index contributed by atoms with van der Waals surface area (Å²) in [5, 5.41) is 13.8. The van der Waals surface area contributed by atoms with Crippen LogP contribution >= 0.6 is 0 Å². The summed E-state index contributed by atoms with van der Waals surface area (Å²) in [5.41, 5.74) is 1.65. The van der Waals surface area contributed by atoms with Crippen molar-refractivity contribution in [2.45, 2.75) is 39.7 Å². The Morgan fingerprint density at radius 2 is 2.32 bits per heavy atom. The van der Waals surface area contributed by atoms with Crippen molar-refractivity contribution in [3.05, 3.63) is 17.5 Å². The quantitative estimate of drug-likeness (QED) is 0.899. The Kier molecular flexibility index (Phi) is 3.94. The molecule has 2 rings (SSSR count). The molecule has 1 N–H and O–H groups in total. The van der Waals surface area contributed by atoms with Crippen molar-refractivity contribution in [2.24, 2.45) is 12.5 Å². The molecule has 1 aliphatic heterocycles. The second-order valence-electron chi connectivity index (χ2n) is 5.78. The first-order valence-electron chi connectivity index (χ1n) is 6.92. The Bertz CT molecular complexity index is 469. The van der Waals surface area contributed by atoms with E-state index in [1.807, 2.05) is 18.7 Å². The average molecular weight is 265 g/mol. The van der Waals surface area contributed by atoms with Crippen molar-refractivity contribution < 1.29 is 9.90 Å². The monoisotopic (exact) mass is 265 g/mol. The summed E-state index contributed by atoms with van der Waals surface area (Å²) >= 11 is 0. The fraction of sp³-hybridized carbons (Fsp3) is 0.714. The number of carbonyl (C=O) groups is 1. The predicted molar refractivity (Wildman–Crippen MR) is 72.8 cm³/mol. The summed E-state index contributed by atoms with van der Waals surface area (Å²) < 4.78 is 1.91. The molecule has 0 aliphatic carbocycles. The Morgan fingerprint density at radius 3 is 2.89 bits per heavy atom. The van der Waals surface area contributed by atoms with E-state index in [4.69, 9.17) is 0 Å². The van der Waals surface area contributed by atoms with Crippen molar-refractivity contribution >= 4 is 5.97 Å². The van der Waals surface area contributed by atoms with Gasteiger partial charge >= 0.3 is 5.97 Å². The molecule has 1 aromatic heterocycles. The molecule has 5 nitrogen and oxygen atoms in total. The summed E-state index contributed by atoms with van der Waals surface area (Å²) in [6.45, 7) is 6.31. The van der Waals surface area contributed by atoms with Crippen molar-refractivity contribution in [3.63, 3.8) is 0 Å². The molecule has 0 saturated carbocycles. The minimum absolute atomic E-state index is 0.607. The van der Waals surface area contributed by atoms with Crippen molar-refractivity contribution in [2.75, 3.05) is 13.1 Å². The highest BCUT2D eigenvalue weighted by Gasteiger charge is 2.37. The Hall–Kier alpha value is -1.36. The zero-order valence-electron chi connectivity index (χ0n) is 12.0. The lowest BCUT2D eigenvalue weighted by molar-refractivity contribution is -0.151. The number of carboxylic acid groups (broad SMARTS) is 1. The second-order valence-corrected chi connectivity index (χ2v) is 5.78. The first-order valence-corrected chi connectivity index (χ1v) is 6.92. The molecule has 1 atom stereocenters. The van der Waals surface area contributed by atoms with E-state index in [1.54, 1.807) is 0 Å². The van der Waals surface area contributed by atoms with E-state index in [0.29, 0.717) is 6.54 Å². The van der Waals surface area contributed by atoms with Gasteiger partial charge in [-0.25, -0.2) is 0 Å². The SMILES string of the molecule is CCc1cc(CN2CCCC(C)(C(=O)O)C2)n(C)n1. The second kappa shape index (κ2) is 5.33. The summed E-state index contributed by atoms with van der Waals surface area (Å²) in [5.74, 6) is -0.684. The number of carboxylic acids is 1. The van der Waals surface area contributed by atoms with Crippen LogP contribution in [-0.2, 0) is 24.8 Å². The number of nitrogens with zero attached hydrogens (tertiary/aromatic N) is 3. The van der Waals surface area contributed by atoms with Gasteiger partial charge in [-0.15, -0.1) is 0 Å².